The standard InChI is InChI=1S/C12H31N5Si2/c1-16(2)11(14-18(5,6)7)13-12(17(3)4)15-19(8,9)10/h1-10H3,(H,13,14,15). The maximum Gasteiger partial charge on any atom is 0.190 e. The van der Waals surface area contributed by atoms with E-state index in [0.29, 0.717) is 0 Å². The molecule has 0 aromatic heterocycles. The molecule has 0 aromatic carbocycles. The summed E-state index contributed by atoms with van der Waals surface area (Å²) in [5.41, 5.74) is 0. The van der Waals surface area contributed by atoms with Gasteiger partial charge in [0.25, 0.3) is 0 Å². The molecule has 0 fully saturated rings. The molecule has 0 heterocycles. The van der Waals surface area contributed by atoms with E-state index in [1.165, 1.54) is 0 Å². The van der Waals surface area contributed by atoms with Crippen molar-refractivity contribution in [1.29, 1.82) is 0 Å². The van der Waals surface area contributed by atoms with Crippen molar-refractivity contribution < 1.29 is 0 Å². The fraction of sp³-hybridized carbons (Fsp3) is 0.833. The lowest BCUT2D eigenvalue weighted by Crippen LogP contribution is -2.48. The minimum Gasteiger partial charge on any atom is -0.349 e. The van der Waals surface area contributed by atoms with Crippen LogP contribution >= 0.6 is 0 Å². The number of rotatable bonds is 2. The number of nitrogens with zero attached hydrogens (tertiary/aromatic N) is 4. The van der Waals surface area contributed by atoms with E-state index in [9.17, 15) is 0 Å². The van der Waals surface area contributed by atoms with Crippen LogP contribution in [-0.2, 0) is 0 Å². The van der Waals surface area contributed by atoms with Crippen LogP contribution in [0.3, 0.4) is 0 Å². The molecular weight excluding hydrogens is 270 g/mol. The molecule has 0 aromatic rings. The van der Waals surface area contributed by atoms with Gasteiger partial charge in [-0.3, -0.25) is 14.6 Å². The lowest BCUT2D eigenvalue weighted by atomic mass is 10.7. The molecular formula is C12H31N5Si2. The van der Waals surface area contributed by atoms with Crippen LogP contribution in [0, 0.1) is 0 Å². The van der Waals surface area contributed by atoms with Gasteiger partial charge in [-0.15, -0.1) is 0 Å². The number of hydrogen-bond donors (Lipinski definition) is 1. The molecule has 0 bridgehead atoms. The summed E-state index contributed by atoms with van der Waals surface area (Å²) < 4.78 is 9.68. The summed E-state index contributed by atoms with van der Waals surface area (Å²) in [6.45, 7) is 13.4. The molecule has 19 heavy (non-hydrogen) atoms. The maximum atomic E-state index is 4.84. The predicted octanol–water partition coefficient (Wildman–Crippen LogP) is 2.08. The zero-order valence-electron chi connectivity index (χ0n) is 14.3. The quantitative estimate of drug-likeness (QED) is 0.482. The fourth-order valence-corrected chi connectivity index (χ4v) is 3.00. The molecule has 0 spiro atoms. The van der Waals surface area contributed by atoms with Crippen LogP contribution in [0.15, 0.2) is 9.32 Å². The van der Waals surface area contributed by atoms with Crippen LogP contribution in [-0.4, -0.2) is 66.4 Å². The molecule has 0 aliphatic carbocycles. The van der Waals surface area contributed by atoms with Crippen LogP contribution < -0.4 is 5.32 Å². The molecule has 0 amide bonds. The Balaban J connectivity index is 5.32. The van der Waals surface area contributed by atoms with E-state index in [1.807, 2.05) is 38.0 Å². The minimum absolute atomic E-state index is 0.893. The van der Waals surface area contributed by atoms with Crippen LogP contribution in [0.4, 0.5) is 0 Å². The van der Waals surface area contributed by atoms with E-state index < -0.39 is 16.5 Å². The third kappa shape index (κ3) is 8.82. The number of guanidine groups is 2. The zero-order valence-corrected chi connectivity index (χ0v) is 16.3. The number of hydrogen-bond acceptors (Lipinski definition) is 2. The highest BCUT2D eigenvalue weighted by Gasteiger charge is 2.19. The van der Waals surface area contributed by atoms with Gasteiger partial charge in [0.2, 0.25) is 0 Å². The van der Waals surface area contributed by atoms with Gasteiger partial charge in [-0.1, -0.05) is 0 Å². The second-order valence-electron chi connectivity index (χ2n) is 7.13. The molecule has 0 atom stereocenters. The highest BCUT2D eigenvalue weighted by atomic mass is 28.3. The van der Waals surface area contributed by atoms with Crippen molar-refractivity contribution in [2.45, 2.75) is 39.3 Å². The summed E-state index contributed by atoms with van der Waals surface area (Å²) in [5, 5.41) is 3.39. The molecule has 0 saturated heterocycles. The Morgan fingerprint density at radius 1 is 0.684 bits per heavy atom. The molecule has 1 N–H and O–H groups in total. The van der Waals surface area contributed by atoms with E-state index in [2.05, 4.69) is 44.6 Å². The Labute approximate surface area is 121 Å². The van der Waals surface area contributed by atoms with Crippen molar-refractivity contribution in [2.24, 2.45) is 9.32 Å². The van der Waals surface area contributed by atoms with Crippen LogP contribution in [0.1, 0.15) is 0 Å². The zero-order chi connectivity index (χ0) is 15.4. The molecule has 7 heteroatoms. The van der Waals surface area contributed by atoms with Crippen LogP contribution in [0.2, 0.25) is 39.3 Å². The summed E-state index contributed by atoms with van der Waals surface area (Å²) in [6, 6.07) is 0. The van der Waals surface area contributed by atoms with E-state index in [0.717, 1.165) is 11.9 Å². The van der Waals surface area contributed by atoms with E-state index in [-0.39, 0.29) is 0 Å². The average Bonchev–Trinajstić information content (AvgIpc) is 2.10. The largest absolute Gasteiger partial charge is 0.349 e. The van der Waals surface area contributed by atoms with Gasteiger partial charge < -0.3 is 9.80 Å². The fourth-order valence-electron chi connectivity index (χ4n) is 1.21. The third-order valence-electron chi connectivity index (χ3n) is 1.95. The van der Waals surface area contributed by atoms with Crippen molar-refractivity contribution >= 4 is 28.4 Å². The first kappa shape index (κ1) is 18.2. The Bertz CT molecular complexity index is 314. The average molecular weight is 302 g/mol. The summed E-state index contributed by atoms with van der Waals surface area (Å²) in [7, 11) is 4.99. The summed E-state index contributed by atoms with van der Waals surface area (Å²) in [5.74, 6) is 1.79. The van der Waals surface area contributed by atoms with Gasteiger partial charge in [0.1, 0.15) is 0 Å². The smallest absolute Gasteiger partial charge is 0.190 e. The van der Waals surface area contributed by atoms with Crippen molar-refractivity contribution in [3.05, 3.63) is 0 Å². The molecule has 0 aliphatic heterocycles. The summed E-state index contributed by atoms with van der Waals surface area (Å²) in [4.78, 5) is 4.03. The first-order valence-corrected chi connectivity index (χ1v) is 13.5. The second-order valence-corrected chi connectivity index (χ2v) is 16.3. The third-order valence-corrected chi connectivity index (χ3v) is 3.72. The lowest BCUT2D eigenvalue weighted by Gasteiger charge is -2.26. The lowest BCUT2D eigenvalue weighted by molar-refractivity contribution is 0.574. The summed E-state index contributed by atoms with van der Waals surface area (Å²) >= 11 is 0. The van der Waals surface area contributed by atoms with E-state index >= 15 is 0 Å². The van der Waals surface area contributed by atoms with Gasteiger partial charge in [0.05, 0.1) is 0 Å². The second kappa shape index (κ2) is 6.56. The Kier molecular flexibility index (Phi) is 6.27. The van der Waals surface area contributed by atoms with Crippen LogP contribution in [0.5, 0.6) is 0 Å². The Hall–Kier alpha value is -0.826. The van der Waals surface area contributed by atoms with Crippen molar-refractivity contribution in [3.8, 4) is 0 Å². The van der Waals surface area contributed by atoms with E-state index in [1.54, 1.807) is 0 Å². The molecule has 0 rings (SSSR count). The molecule has 5 nitrogen and oxygen atoms in total. The topological polar surface area (TPSA) is 43.2 Å². The van der Waals surface area contributed by atoms with Crippen molar-refractivity contribution in [1.82, 2.24) is 15.1 Å². The molecule has 112 valence electrons. The summed E-state index contributed by atoms with van der Waals surface area (Å²) in [6.07, 6.45) is 0. The van der Waals surface area contributed by atoms with Gasteiger partial charge in [-0.05, 0) is 39.3 Å². The predicted molar refractivity (Wildman–Crippen MR) is 92.1 cm³/mol. The SMILES string of the molecule is CN(C)/C(=N\[Si](C)(C)C)N/C(=N/[Si](C)(C)C)N(C)C. The minimum atomic E-state index is -1.52. The highest BCUT2D eigenvalue weighted by molar-refractivity contribution is 6.76. The first-order valence-electron chi connectivity index (χ1n) is 6.63. The van der Waals surface area contributed by atoms with Crippen molar-refractivity contribution in [3.63, 3.8) is 0 Å². The van der Waals surface area contributed by atoms with Gasteiger partial charge >= 0.3 is 0 Å². The Morgan fingerprint density at radius 3 is 1.11 bits per heavy atom. The molecule has 0 unspecified atom stereocenters. The molecule has 0 radical (unpaired) electrons. The molecule has 0 aliphatic rings. The van der Waals surface area contributed by atoms with Gasteiger partial charge in [0.15, 0.2) is 28.4 Å². The van der Waals surface area contributed by atoms with Crippen LogP contribution in [0.25, 0.3) is 0 Å². The van der Waals surface area contributed by atoms with E-state index in [4.69, 9.17) is 9.32 Å². The monoisotopic (exact) mass is 301 g/mol. The van der Waals surface area contributed by atoms with Gasteiger partial charge in [-0.25, -0.2) is 0 Å². The Morgan fingerprint density at radius 2 is 0.947 bits per heavy atom. The number of nitrogens with one attached hydrogen (secondary N) is 1. The maximum absolute atomic E-state index is 4.84. The van der Waals surface area contributed by atoms with Crippen molar-refractivity contribution in [2.75, 3.05) is 28.2 Å². The highest BCUT2D eigenvalue weighted by Crippen LogP contribution is 2.05. The normalized spacial score (nSPS) is 14.4. The van der Waals surface area contributed by atoms with Gasteiger partial charge in [0, 0.05) is 28.2 Å². The van der Waals surface area contributed by atoms with Gasteiger partial charge in [-0.2, -0.15) is 0 Å². The first-order chi connectivity index (χ1) is 8.32. The molecule has 0 saturated carbocycles.